The summed E-state index contributed by atoms with van der Waals surface area (Å²) in [4.78, 5) is 13.0. The molecule has 0 unspecified atom stereocenters. The van der Waals surface area contributed by atoms with Crippen LogP contribution in [-0.4, -0.2) is 28.1 Å². The van der Waals surface area contributed by atoms with Gasteiger partial charge in [0.15, 0.2) is 17.3 Å². The van der Waals surface area contributed by atoms with Crippen LogP contribution in [0.5, 0.6) is 11.5 Å². The van der Waals surface area contributed by atoms with Gasteiger partial charge >= 0.3 is 0 Å². The Bertz CT molecular complexity index is 1220. The van der Waals surface area contributed by atoms with Crippen LogP contribution in [0.4, 0.5) is 5.82 Å². The molecular formula is C21H16N4O5S. The zero-order chi connectivity index (χ0) is 21.2. The summed E-state index contributed by atoms with van der Waals surface area (Å²) < 4.78 is 21.6. The first kappa shape index (κ1) is 19.2. The Balaban J connectivity index is 1.39. The molecule has 0 aliphatic carbocycles. The molecule has 1 aliphatic heterocycles. The largest absolute Gasteiger partial charge is 0.454 e. The number of rotatable bonds is 6. The van der Waals surface area contributed by atoms with E-state index in [0.29, 0.717) is 34.5 Å². The Morgan fingerprint density at radius 1 is 1.06 bits per heavy atom. The molecule has 0 saturated heterocycles. The van der Waals surface area contributed by atoms with Crippen LogP contribution in [0, 0.1) is 6.92 Å². The number of amides is 1. The van der Waals surface area contributed by atoms with Crippen LogP contribution < -0.4 is 14.8 Å². The van der Waals surface area contributed by atoms with E-state index in [9.17, 15) is 4.79 Å². The van der Waals surface area contributed by atoms with Crippen molar-refractivity contribution < 1.29 is 23.2 Å². The molecule has 2 aromatic carbocycles. The third-order valence-corrected chi connectivity index (χ3v) is 5.55. The highest BCUT2D eigenvalue weighted by atomic mass is 32.2. The third kappa shape index (κ3) is 4.10. The Morgan fingerprint density at radius 3 is 2.71 bits per heavy atom. The van der Waals surface area contributed by atoms with Gasteiger partial charge in [-0.1, -0.05) is 35.5 Å². The predicted octanol–water partition coefficient (Wildman–Crippen LogP) is 4.23. The van der Waals surface area contributed by atoms with Gasteiger partial charge in [-0.05, 0) is 42.4 Å². The van der Waals surface area contributed by atoms with Crippen molar-refractivity contribution >= 4 is 23.5 Å². The second-order valence-corrected chi connectivity index (χ2v) is 7.72. The molecule has 0 saturated carbocycles. The average Bonchev–Trinajstić information content (AvgIpc) is 3.53. The van der Waals surface area contributed by atoms with Crippen LogP contribution in [0.3, 0.4) is 0 Å². The van der Waals surface area contributed by atoms with E-state index < -0.39 is 5.25 Å². The highest BCUT2D eigenvalue weighted by Gasteiger charge is 2.26. The molecule has 1 aliphatic rings. The third-order valence-electron chi connectivity index (χ3n) is 4.46. The standard InChI is InChI=1S/C21H16N4O5S/c1-12-9-17(25-30-12)22-19(26)18(13-5-3-2-4-6-13)31-21-24-23-20(29-21)14-7-8-15-16(10-14)28-11-27-15/h2-10,18H,11H2,1H3,(H,22,25,26)/t18-/m1/s1. The van der Waals surface area contributed by atoms with E-state index in [-0.39, 0.29) is 17.9 Å². The summed E-state index contributed by atoms with van der Waals surface area (Å²) in [5, 5.41) is 14.4. The molecule has 0 spiro atoms. The first-order chi connectivity index (χ1) is 15.2. The lowest BCUT2D eigenvalue weighted by atomic mass is 10.1. The van der Waals surface area contributed by atoms with E-state index >= 15 is 0 Å². The van der Waals surface area contributed by atoms with Crippen molar-refractivity contribution in [1.82, 2.24) is 15.4 Å². The average molecular weight is 436 g/mol. The van der Waals surface area contributed by atoms with Gasteiger partial charge in [-0.2, -0.15) is 0 Å². The van der Waals surface area contributed by atoms with Gasteiger partial charge in [-0.25, -0.2) is 0 Å². The molecule has 1 N–H and O–H groups in total. The van der Waals surface area contributed by atoms with E-state index in [1.165, 1.54) is 0 Å². The second-order valence-electron chi connectivity index (χ2n) is 6.66. The number of benzene rings is 2. The molecule has 10 heteroatoms. The van der Waals surface area contributed by atoms with Gasteiger partial charge < -0.3 is 23.7 Å². The molecular weight excluding hydrogens is 420 g/mol. The van der Waals surface area contributed by atoms with Crippen molar-refractivity contribution in [1.29, 1.82) is 0 Å². The summed E-state index contributed by atoms with van der Waals surface area (Å²) in [6.07, 6.45) is 0. The highest BCUT2D eigenvalue weighted by molar-refractivity contribution is 8.00. The molecule has 9 nitrogen and oxygen atoms in total. The van der Waals surface area contributed by atoms with Crippen LogP contribution in [0.15, 0.2) is 68.8 Å². The SMILES string of the molecule is Cc1cc(NC(=O)[C@H](Sc2nnc(-c3ccc4c(c3)OCO4)o2)c2ccccc2)no1. The summed E-state index contributed by atoms with van der Waals surface area (Å²) in [6, 6.07) is 16.4. The van der Waals surface area contributed by atoms with Gasteiger partial charge in [0.1, 0.15) is 11.0 Å². The predicted molar refractivity (Wildman–Crippen MR) is 111 cm³/mol. The maximum atomic E-state index is 13.0. The number of hydrogen-bond donors (Lipinski definition) is 1. The number of anilines is 1. The Kier molecular flexibility index (Phi) is 5.04. The van der Waals surface area contributed by atoms with Crippen molar-refractivity contribution in [3.8, 4) is 23.0 Å². The molecule has 1 atom stereocenters. The van der Waals surface area contributed by atoms with E-state index in [1.54, 1.807) is 25.1 Å². The maximum absolute atomic E-state index is 13.0. The Labute approximate surface area is 180 Å². The highest BCUT2D eigenvalue weighted by Crippen LogP contribution is 2.39. The van der Waals surface area contributed by atoms with Crippen molar-refractivity contribution in [3.05, 3.63) is 65.9 Å². The lowest BCUT2D eigenvalue weighted by Gasteiger charge is -2.13. The Hall–Kier alpha value is -3.79. The minimum Gasteiger partial charge on any atom is -0.454 e. The van der Waals surface area contributed by atoms with Gasteiger partial charge in [0.2, 0.25) is 18.6 Å². The van der Waals surface area contributed by atoms with Crippen molar-refractivity contribution in [3.63, 3.8) is 0 Å². The maximum Gasteiger partial charge on any atom is 0.277 e. The number of aryl methyl sites for hydroxylation is 1. The number of aromatic nitrogens is 3. The van der Waals surface area contributed by atoms with Crippen molar-refractivity contribution in [2.45, 2.75) is 17.4 Å². The zero-order valence-corrected chi connectivity index (χ0v) is 17.1. The molecule has 0 fully saturated rings. The van der Waals surface area contributed by atoms with Crippen LogP contribution in [0.2, 0.25) is 0 Å². The lowest BCUT2D eigenvalue weighted by molar-refractivity contribution is -0.115. The number of fused-ring (bicyclic) bond motifs is 1. The fourth-order valence-corrected chi connectivity index (χ4v) is 3.90. The number of thioether (sulfide) groups is 1. The first-order valence-corrected chi connectivity index (χ1v) is 10.2. The molecule has 156 valence electrons. The quantitative estimate of drug-likeness (QED) is 0.444. The molecule has 4 aromatic rings. The van der Waals surface area contributed by atoms with E-state index in [0.717, 1.165) is 17.3 Å². The zero-order valence-electron chi connectivity index (χ0n) is 16.3. The van der Waals surface area contributed by atoms with E-state index in [1.807, 2.05) is 36.4 Å². The summed E-state index contributed by atoms with van der Waals surface area (Å²) in [5.74, 6) is 2.27. The second kappa shape index (κ2) is 8.15. The van der Waals surface area contributed by atoms with E-state index in [4.69, 9.17) is 18.4 Å². The minimum absolute atomic E-state index is 0.183. The van der Waals surface area contributed by atoms with Crippen LogP contribution >= 0.6 is 11.8 Å². The van der Waals surface area contributed by atoms with Gasteiger partial charge in [0, 0.05) is 11.6 Å². The van der Waals surface area contributed by atoms with Gasteiger partial charge in [-0.3, -0.25) is 4.79 Å². The fourth-order valence-electron chi connectivity index (χ4n) is 3.02. The monoisotopic (exact) mass is 436 g/mol. The number of hydrogen-bond acceptors (Lipinski definition) is 9. The summed E-state index contributed by atoms with van der Waals surface area (Å²) >= 11 is 1.15. The minimum atomic E-state index is -0.636. The normalized spacial score (nSPS) is 13.2. The molecule has 0 radical (unpaired) electrons. The summed E-state index contributed by atoms with van der Waals surface area (Å²) in [5.41, 5.74) is 1.48. The number of nitrogens with zero attached hydrogens (tertiary/aromatic N) is 3. The molecule has 5 rings (SSSR count). The molecule has 3 heterocycles. The van der Waals surface area contributed by atoms with Gasteiger partial charge in [0.25, 0.3) is 5.22 Å². The topological polar surface area (TPSA) is 113 Å². The van der Waals surface area contributed by atoms with Crippen molar-refractivity contribution in [2.75, 3.05) is 12.1 Å². The molecule has 1 amide bonds. The molecule has 31 heavy (non-hydrogen) atoms. The summed E-state index contributed by atoms with van der Waals surface area (Å²) in [6.45, 7) is 1.94. The van der Waals surface area contributed by atoms with Crippen LogP contribution in [0.25, 0.3) is 11.5 Å². The number of carbonyl (C=O) groups excluding carboxylic acids is 1. The number of carbonyl (C=O) groups is 1. The fraction of sp³-hybridized carbons (Fsp3) is 0.143. The molecule has 2 aromatic heterocycles. The number of ether oxygens (including phenoxy) is 2. The van der Waals surface area contributed by atoms with Crippen LogP contribution in [-0.2, 0) is 4.79 Å². The van der Waals surface area contributed by atoms with Crippen molar-refractivity contribution in [2.24, 2.45) is 0 Å². The smallest absolute Gasteiger partial charge is 0.277 e. The van der Waals surface area contributed by atoms with Gasteiger partial charge in [0.05, 0.1) is 0 Å². The Morgan fingerprint density at radius 2 is 1.90 bits per heavy atom. The molecule has 0 bridgehead atoms. The summed E-state index contributed by atoms with van der Waals surface area (Å²) in [7, 11) is 0. The number of nitrogens with one attached hydrogen (secondary N) is 1. The lowest BCUT2D eigenvalue weighted by Crippen LogP contribution is -2.19. The first-order valence-electron chi connectivity index (χ1n) is 9.35. The van der Waals surface area contributed by atoms with Gasteiger partial charge in [-0.15, -0.1) is 10.2 Å². The van der Waals surface area contributed by atoms with Crippen LogP contribution in [0.1, 0.15) is 16.6 Å². The van der Waals surface area contributed by atoms with E-state index in [2.05, 4.69) is 20.7 Å².